The Balaban J connectivity index is -0.000000333. The van der Waals surface area contributed by atoms with E-state index >= 15 is 0 Å². The Morgan fingerprint density at radius 1 is 0.609 bits per heavy atom. The van der Waals surface area contributed by atoms with Crippen molar-refractivity contribution < 1.29 is 37.0 Å². The normalized spacial score (nSPS) is 11.4. The first-order chi connectivity index (χ1) is 10.2. The molecule has 0 saturated carbocycles. The van der Waals surface area contributed by atoms with Gasteiger partial charge in [0.15, 0.2) is 0 Å². The van der Waals surface area contributed by atoms with Crippen molar-refractivity contribution in [1.29, 1.82) is 0 Å². The van der Waals surface area contributed by atoms with Gasteiger partial charge in [-0.25, -0.2) is 0 Å². The molecule has 0 aromatic rings. The predicted octanol–water partition coefficient (Wildman–Crippen LogP) is 2.24. The van der Waals surface area contributed by atoms with Gasteiger partial charge in [-0.15, -0.1) is 0 Å². The van der Waals surface area contributed by atoms with Crippen LogP contribution in [-0.2, 0) is 27.2 Å². The molecular formula is C12H28MgO8P2. The van der Waals surface area contributed by atoms with E-state index in [1.54, 1.807) is 0 Å². The van der Waals surface area contributed by atoms with Gasteiger partial charge in [0.25, 0.3) is 15.6 Å². The average Bonchev–Trinajstić information content (AvgIpc) is 2.48. The van der Waals surface area contributed by atoms with Crippen LogP contribution in [0.5, 0.6) is 0 Å². The average molecular weight is 387 g/mol. The van der Waals surface area contributed by atoms with E-state index < -0.39 is 15.6 Å². The SMILES string of the molecule is CCCOP(=O)([O-])OCCC.CCCOP(=O)([O-])OCCC.[Mg+2]. The van der Waals surface area contributed by atoms with Gasteiger partial charge in [-0.05, 0) is 25.7 Å². The topological polar surface area (TPSA) is 117 Å². The van der Waals surface area contributed by atoms with Crippen molar-refractivity contribution in [3.8, 4) is 0 Å². The molecule has 8 nitrogen and oxygen atoms in total. The van der Waals surface area contributed by atoms with Crippen molar-refractivity contribution in [2.45, 2.75) is 53.4 Å². The fourth-order valence-electron chi connectivity index (χ4n) is 0.887. The van der Waals surface area contributed by atoms with Gasteiger partial charge in [0.2, 0.25) is 0 Å². The van der Waals surface area contributed by atoms with Crippen molar-refractivity contribution >= 4 is 38.7 Å². The molecule has 136 valence electrons. The van der Waals surface area contributed by atoms with Gasteiger partial charge >= 0.3 is 23.1 Å². The molecule has 0 amide bonds. The Morgan fingerprint density at radius 3 is 0.913 bits per heavy atom. The molecule has 0 N–H and O–H groups in total. The van der Waals surface area contributed by atoms with Crippen molar-refractivity contribution in [3.63, 3.8) is 0 Å². The second-order valence-corrected chi connectivity index (χ2v) is 7.05. The summed E-state index contributed by atoms with van der Waals surface area (Å²) in [4.78, 5) is 21.5. The van der Waals surface area contributed by atoms with Crippen LogP contribution in [0.1, 0.15) is 53.4 Å². The second kappa shape index (κ2) is 17.8. The molecule has 0 rings (SSSR count). The smallest absolute Gasteiger partial charge is 0.756 e. The quantitative estimate of drug-likeness (QED) is 0.370. The minimum Gasteiger partial charge on any atom is -0.756 e. The zero-order valence-corrected chi connectivity index (χ0v) is 17.7. The molecule has 0 aromatic heterocycles. The van der Waals surface area contributed by atoms with Crippen molar-refractivity contribution in [3.05, 3.63) is 0 Å². The Kier molecular flexibility index (Phi) is 22.3. The zero-order chi connectivity index (χ0) is 17.5. The third kappa shape index (κ3) is 23.0. The fourth-order valence-corrected chi connectivity index (χ4v) is 2.66. The van der Waals surface area contributed by atoms with Gasteiger partial charge in [0, 0.05) is 0 Å². The van der Waals surface area contributed by atoms with E-state index in [-0.39, 0.29) is 49.5 Å². The van der Waals surface area contributed by atoms with Crippen molar-refractivity contribution in [2.24, 2.45) is 0 Å². The predicted molar refractivity (Wildman–Crippen MR) is 85.9 cm³/mol. The molecule has 0 aliphatic rings. The Labute approximate surface area is 155 Å². The van der Waals surface area contributed by atoms with Crippen LogP contribution in [0.4, 0.5) is 0 Å². The van der Waals surface area contributed by atoms with E-state index in [0.717, 1.165) is 0 Å². The number of phosphoric ester groups is 2. The van der Waals surface area contributed by atoms with Gasteiger partial charge in [0.1, 0.15) is 0 Å². The summed E-state index contributed by atoms with van der Waals surface area (Å²) in [6.45, 7) is 8.13. The van der Waals surface area contributed by atoms with E-state index in [2.05, 4.69) is 18.1 Å². The van der Waals surface area contributed by atoms with E-state index in [4.69, 9.17) is 0 Å². The van der Waals surface area contributed by atoms with Crippen molar-refractivity contribution in [2.75, 3.05) is 26.4 Å². The van der Waals surface area contributed by atoms with Crippen LogP contribution >= 0.6 is 15.6 Å². The van der Waals surface area contributed by atoms with Crippen LogP contribution < -0.4 is 9.79 Å². The Hall–Kier alpha value is 0.986. The third-order valence-electron chi connectivity index (χ3n) is 1.81. The monoisotopic (exact) mass is 386 g/mol. The van der Waals surface area contributed by atoms with Gasteiger partial charge in [-0.3, -0.25) is 9.13 Å². The molecule has 0 bridgehead atoms. The molecule has 11 heteroatoms. The maximum Gasteiger partial charge on any atom is 2.00 e. The molecule has 0 spiro atoms. The van der Waals surface area contributed by atoms with Crippen LogP contribution in [0.3, 0.4) is 0 Å². The third-order valence-corrected chi connectivity index (χ3v) is 3.81. The summed E-state index contributed by atoms with van der Waals surface area (Å²) in [7, 11) is -7.95. The summed E-state index contributed by atoms with van der Waals surface area (Å²) in [6, 6.07) is 0. The summed E-state index contributed by atoms with van der Waals surface area (Å²) in [5, 5.41) is 0. The molecule has 0 aliphatic heterocycles. The Morgan fingerprint density at radius 2 is 0.783 bits per heavy atom. The van der Waals surface area contributed by atoms with Crippen LogP contribution in [0, 0.1) is 0 Å². The molecular weight excluding hydrogens is 358 g/mol. The number of phosphoric acid groups is 2. The zero-order valence-electron chi connectivity index (χ0n) is 14.5. The molecule has 0 atom stereocenters. The van der Waals surface area contributed by atoms with E-state index in [1.165, 1.54) is 0 Å². The number of rotatable bonds is 12. The molecule has 0 radical (unpaired) electrons. The first-order valence-corrected chi connectivity index (χ1v) is 10.4. The summed E-state index contributed by atoms with van der Waals surface area (Å²) < 4.78 is 39.3. The van der Waals surface area contributed by atoms with Crippen LogP contribution in [0.25, 0.3) is 0 Å². The van der Waals surface area contributed by atoms with Gasteiger partial charge in [-0.1, -0.05) is 27.7 Å². The molecule has 0 aliphatic carbocycles. The summed E-state index contributed by atoms with van der Waals surface area (Å²) in [5.41, 5.74) is 0. The molecule has 0 unspecified atom stereocenters. The number of hydrogen-bond acceptors (Lipinski definition) is 8. The van der Waals surface area contributed by atoms with Crippen LogP contribution in [0.2, 0.25) is 0 Å². The molecule has 0 fully saturated rings. The van der Waals surface area contributed by atoms with Gasteiger partial charge < -0.3 is 27.9 Å². The molecule has 23 heavy (non-hydrogen) atoms. The van der Waals surface area contributed by atoms with Gasteiger partial charge in [-0.2, -0.15) is 0 Å². The van der Waals surface area contributed by atoms with E-state index in [9.17, 15) is 18.9 Å². The molecule has 0 saturated heterocycles. The first-order valence-electron chi connectivity index (χ1n) is 7.44. The van der Waals surface area contributed by atoms with Crippen molar-refractivity contribution in [1.82, 2.24) is 0 Å². The largest absolute Gasteiger partial charge is 2.00 e. The first kappa shape index (κ1) is 28.8. The maximum absolute atomic E-state index is 10.7. The molecule has 0 heterocycles. The summed E-state index contributed by atoms with van der Waals surface area (Å²) >= 11 is 0. The van der Waals surface area contributed by atoms with Crippen LogP contribution in [-0.4, -0.2) is 49.5 Å². The second-order valence-electron chi connectivity index (χ2n) is 4.23. The minimum absolute atomic E-state index is 0. The standard InChI is InChI=1S/2C6H15O4P.Mg/c2*1-3-5-9-11(7,8)10-6-4-2;/h2*3-6H2,1-2H3,(H,7,8);/q;;+2/p-2. The minimum atomic E-state index is -3.98. The van der Waals surface area contributed by atoms with E-state index in [0.29, 0.717) is 25.7 Å². The molecule has 0 aromatic carbocycles. The van der Waals surface area contributed by atoms with Gasteiger partial charge in [0.05, 0.1) is 26.4 Å². The maximum atomic E-state index is 10.7. The number of hydrogen-bond donors (Lipinski definition) is 0. The fraction of sp³-hybridized carbons (Fsp3) is 1.00. The Bertz CT molecular complexity index is 287. The van der Waals surface area contributed by atoms with Crippen LogP contribution in [0.15, 0.2) is 0 Å². The summed E-state index contributed by atoms with van der Waals surface area (Å²) in [5.74, 6) is 0. The summed E-state index contributed by atoms with van der Waals surface area (Å²) in [6.07, 6.45) is 2.67. The van der Waals surface area contributed by atoms with E-state index in [1.807, 2.05) is 27.7 Å².